The number of thiocarbonyl (C=S) groups is 1. The van der Waals surface area contributed by atoms with Crippen molar-refractivity contribution in [3.05, 3.63) is 68.9 Å². The van der Waals surface area contributed by atoms with Crippen molar-refractivity contribution in [2.24, 2.45) is 0 Å². The van der Waals surface area contributed by atoms with Crippen molar-refractivity contribution in [1.82, 2.24) is 5.32 Å². The van der Waals surface area contributed by atoms with E-state index in [4.69, 9.17) is 17.0 Å². The van der Waals surface area contributed by atoms with E-state index >= 15 is 0 Å². The van der Waals surface area contributed by atoms with Crippen LogP contribution in [0.25, 0.3) is 6.08 Å². The molecule has 2 aromatic carbocycles. The topological polar surface area (TPSA) is 81.5 Å². The highest BCUT2D eigenvalue weighted by atomic mass is 32.2. The first-order valence-corrected chi connectivity index (χ1v) is 8.11. The lowest BCUT2D eigenvalue weighted by atomic mass is 10.2. The van der Waals surface area contributed by atoms with Gasteiger partial charge in [0.2, 0.25) is 0 Å². The average Bonchev–Trinajstić information content (AvgIpc) is 2.88. The zero-order valence-corrected chi connectivity index (χ0v) is 14.0. The summed E-state index contributed by atoms with van der Waals surface area (Å²) in [5.74, 6) is -0.835. The number of halogens is 1. The molecule has 1 aliphatic rings. The van der Waals surface area contributed by atoms with Crippen LogP contribution in [0.5, 0.6) is 11.5 Å². The van der Waals surface area contributed by atoms with Gasteiger partial charge < -0.3 is 10.1 Å². The first-order chi connectivity index (χ1) is 11.9. The van der Waals surface area contributed by atoms with Crippen molar-refractivity contribution in [3.63, 3.8) is 0 Å². The highest BCUT2D eigenvalue weighted by molar-refractivity contribution is 8.26. The van der Waals surface area contributed by atoms with Crippen molar-refractivity contribution in [2.75, 3.05) is 0 Å². The molecule has 0 atom stereocenters. The third-order valence-corrected chi connectivity index (χ3v) is 4.34. The number of hydrogen-bond donors (Lipinski definition) is 1. The van der Waals surface area contributed by atoms with Gasteiger partial charge in [0, 0.05) is 6.07 Å². The fourth-order valence-electron chi connectivity index (χ4n) is 2.02. The van der Waals surface area contributed by atoms with Gasteiger partial charge in [-0.25, -0.2) is 4.39 Å². The zero-order valence-electron chi connectivity index (χ0n) is 12.4. The Bertz CT molecular complexity index is 913. The summed E-state index contributed by atoms with van der Waals surface area (Å²) in [5.41, 5.74) is 0.399. The Hall–Kier alpha value is -2.78. The van der Waals surface area contributed by atoms with Gasteiger partial charge in [-0.2, -0.15) is 0 Å². The van der Waals surface area contributed by atoms with Crippen LogP contribution in [0.3, 0.4) is 0 Å². The summed E-state index contributed by atoms with van der Waals surface area (Å²) in [4.78, 5) is 22.0. The number of hydrogen-bond acceptors (Lipinski definition) is 6. The first-order valence-electron chi connectivity index (χ1n) is 6.89. The number of carbonyl (C=O) groups is 1. The summed E-state index contributed by atoms with van der Waals surface area (Å²) in [7, 11) is 0. The molecule has 0 spiro atoms. The number of thioether (sulfide) groups is 1. The van der Waals surface area contributed by atoms with E-state index in [0.29, 0.717) is 15.0 Å². The molecule has 2 aromatic rings. The normalized spacial score (nSPS) is 15.3. The maximum absolute atomic E-state index is 13.8. The van der Waals surface area contributed by atoms with Gasteiger partial charge in [0.05, 0.1) is 15.9 Å². The molecule has 1 N–H and O–H groups in total. The number of carbonyl (C=O) groups excluding carboxylic acids is 1. The first kappa shape index (κ1) is 17.1. The molecule has 0 unspecified atom stereocenters. The van der Waals surface area contributed by atoms with E-state index < -0.39 is 10.7 Å². The largest absolute Gasteiger partial charge is 0.454 e. The Labute approximate surface area is 150 Å². The average molecular weight is 376 g/mol. The van der Waals surface area contributed by atoms with Gasteiger partial charge in [0.1, 0.15) is 10.1 Å². The molecule has 1 aliphatic heterocycles. The van der Waals surface area contributed by atoms with Gasteiger partial charge in [-0.15, -0.1) is 0 Å². The quantitative estimate of drug-likeness (QED) is 0.376. The molecule has 6 nitrogen and oxygen atoms in total. The fourth-order valence-corrected chi connectivity index (χ4v) is 3.06. The molecule has 0 bridgehead atoms. The zero-order chi connectivity index (χ0) is 18.0. The van der Waals surface area contributed by atoms with Gasteiger partial charge in [0.25, 0.3) is 11.6 Å². The lowest BCUT2D eigenvalue weighted by Crippen LogP contribution is -2.17. The van der Waals surface area contributed by atoms with Crippen LogP contribution in [0.1, 0.15) is 5.56 Å². The number of nitrogens with zero attached hydrogens (tertiary/aromatic N) is 1. The summed E-state index contributed by atoms with van der Waals surface area (Å²) in [6.07, 6.45) is 1.68. The van der Waals surface area contributed by atoms with Crippen LogP contribution in [0.2, 0.25) is 0 Å². The third-order valence-electron chi connectivity index (χ3n) is 3.17. The molecule has 126 valence electrons. The van der Waals surface area contributed by atoms with E-state index in [-0.39, 0.29) is 17.3 Å². The lowest BCUT2D eigenvalue weighted by Gasteiger charge is -2.07. The Morgan fingerprint density at radius 2 is 1.96 bits per heavy atom. The van der Waals surface area contributed by atoms with E-state index in [1.54, 1.807) is 30.3 Å². The maximum atomic E-state index is 13.8. The number of amides is 1. The number of nitro groups is 1. The summed E-state index contributed by atoms with van der Waals surface area (Å²) >= 11 is 6.09. The summed E-state index contributed by atoms with van der Waals surface area (Å²) in [6.45, 7) is 0. The number of nitrogens with one attached hydrogen (secondary N) is 1. The monoisotopic (exact) mass is 376 g/mol. The van der Waals surface area contributed by atoms with Crippen LogP contribution < -0.4 is 10.1 Å². The molecule has 0 saturated carbocycles. The Morgan fingerprint density at radius 1 is 1.24 bits per heavy atom. The Kier molecular flexibility index (Phi) is 4.77. The number of benzene rings is 2. The van der Waals surface area contributed by atoms with E-state index in [2.05, 4.69) is 5.32 Å². The summed E-state index contributed by atoms with van der Waals surface area (Å²) in [5, 5.41) is 13.1. The lowest BCUT2D eigenvalue weighted by molar-refractivity contribution is -0.385. The van der Waals surface area contributed by atoms with Crippen LogP contribution in [0, 0.1) is 15.9 Å². The van der Waals surface area contributed by atoms with Gasteiger partial charge >= 0.3 is 0 Å². The highest BCUT2D eigenvalue weighted by Gasteiger charge is 2.21. The number of non-ortho nitro benzene ring substituents is 1. The minimum atomic E-state index is -0.826. The minimum absolute atomic E-state index is 0.118. The van der Waals surface area contributed by atoms with Crippen LogP contribution in [0.4, 0.5) is 10.1 Å². The van der Waals surface area contributed by atoms with Gasteiger partial charge in [-0.3, -0.25) is 14.9 Å². The van der Waals surface area contributed by atoms with Gasteiger partial charge in [-0.1, -0.05) is 36.1 Å². The highest BCUT2D eigenvalue weighted by Crippen LogP contribution is 2.29. The molecular formula is C16H9FN2O4S2. The van der Waals surface area contributed by atoms with E-state index in [0.717, 1.165) is 17.7 Å². The van der Waals surface area contributed by atoms with Crippen molar-refractivity contribution in [3.8, 4) is 11.5 Å². The summed E-state index contributed by atoms with van der Waals surface area (Å²) in [6, 6.07) is 9.75. The molecular weight excluding hydrogens is 367 g/mol. The van der Waals surface area contributed by atoms with E-state index in [9.17, 15) is 19.3 Å². The predicted molar refractivity (Wildman–Crippen MR) is 95.9 cm³/mol. The molecule has 1 heterocycles. The van der Waals surface area contributed by atoms with Crippen LogP contribution in [-0.2, 0) is 4.79 Å². The molecule has 1 fully saturated rings. The SMILES string of the molecule is O=C1NC(=S)S/C1=C/c1ccc(Oc2ccc([N+](=O)[O-])cc2F)cc1. The van der Waals surface area contributed by atoms with Crippen LogP contribution in [-0.4, -0.2) is 15.2 Å². The molecule has 3 rings (SSSR count). The van der Waals surface area contributed by atoms with Crippen molar-refractivity contribution in [2.45, 2.75) is 0 Å². The molecule has 9 heteroatoms. The second kappa shape index (κ2) is 6.99. The molecule has 1 amide bonds. The van der Waals surface area contributed by atoms with Crippen molar-refractivity contribution >= 4 is 46.0 Å². The van der Waals surface area contributed by atoms with Crippen LogP contribution >= 0.6 is 24.0 Å². The maximum Gasteiger partial charge on any atom is 0.272 e. The van der Waals surface area contributed by atoms with Crippen molar-refractivity contribution in [1.29, 1.82) is 0 Å². The second-order valence-electron chi connectivity index (χ2n) is 4.90. The Morgan fingerprint density at radius 3 is 2.52 bits per heavy atom. The standard InChI is InChI=1S/C16H9FN2O4S2/c17-12-8-10(19(21)22)3-6-13(12)23-11-4-1-9(2-5-11)7-14-15(20)18-16(24)25-14/h1-8H,(H,18,20,24)/b14-7+. The molecule has 25 heavy (non-hydrogen) atoms. The smallest absolute Gasteiger partial charge is 0.272 e. The summed E-state index contributed by atoms with van der Waals surface area (Å²) < 4.78 is 19.6. The second-order valence-corrected chi connectivity index (χ2v) is 6.61. The third kappa shape index (κ3) is 4.01. The fraction of sp³-hybridized carbons (Fsp3) is 0. The predicted octanol–water partition coefficient (Wildman–Crippen LogP) is 4.02. The van der Waals surface area contributed by atoms with Gasteiger partial charge in [0.15, 0.2) is 11.6 Å². The Balaban J connectivity index is 1.75. The molecule has 0 radical (unpaired) electrons. The van der Waals surface area contributed by atoms with E-state index in [1.807, 2.05) is 0 Å². The number of ether oxygens (including phenoxy) is 1. The number of rotatable bonds is 4. The minimum Gasteiger partial charge on any atom is -0.454 e. The molecule has 0 aromatic heterocycles. The van der Waals surface area contributed by atoms with Gasteiger partial charge in [-0.05, 0) is 29.8 Å². The molecule has 0 aliphatic carbocycles. The van der Waals surface area contributed by atoms with E-state index in [1.165, 1.54) is 17.8 Å². The van der Waals surface area contributed by atoms with Crippen LogP contribution in [0.15, 0.2) is 47.4 Å². The van der Waals surface area contributed by atoms with Crippen molar-refractivity contribution < 1.29 is 18.8 Å². The molecule has 1 saturated heterocycles. The number of nitro benzene ring substituents is 1.